The first-order valence-electron chi connectivity index (χ1n) is 6.89. The molecule has 0 saturated carbocycles. The van der Waals surface area contributed by atoms with Crippen molar-refractivity contribution in [1.82, 2.24) is 4.98 Å². The highest BCUT2D eigenvalue weighted by molar-refractivity contribution is 7.21. The predicted octanol–water partition coefficient (Wildman–Crippen LogP) is 4.75. The molecule has 22 heavy (non-hydrogen) atoms. The summed E-state index contributed by atoms with van der Waals surface area (Å²) in [7, 11) is 0. The van der Waals surface area contributed by atoms with Crippen molar-refractivity contribution < 1.29 is 9.53 Å². The van der Waals surface area contributed by atoms with Gasteiger partial charge in [0.1, 0.15) is 10.8 Å². The molecule has 0 amide bonds. The lowest BCUT2D eigenvalue weighted by Crippen LogP contribution is -2.08. The number of carbonyl (C=O) groups excluding carboxylic acids is 1. The van der Waals surface area contributed by atoms with E-state index in [1.54, 1.807) is 24.3 Å². The van der Waals surface area contributed by atoms with Gasteiger partial charge in [-0.15, -0.1) is 11.3 Å². The van der Waals surface area contributed by atoms with Crippen LogP contribution in [0.3, 0.4) is 0 Å². The van der Waals surface area contributed by atoms with E-state index in [2.05, 4.69) is 17.6 Å². The zero-order valence-electron chi connectivity index (χ0n) is 12.4. The summed E-state index contributed by atoms with van der Waals surface area (Å²) in [5.41, 5.74) is 3.45. The highest BCUT2D eigenvalue weighted by Crippen LogP contribution is 2.33. The maximum atomic E-state index is 11.6. The summed E-state index contributed by atoms with van der Waals surface area (Å²) in [6.45, 7) is 7.20. The van der Waals surface area contributed by atoms with Crippen molar-refractivity contribution in [3.05, 3.63) is 60.2 Å². The lowest BCUT2D eigenvalue weighted by Gasteiger charge is -2.07. The number of fused-ring (bicyclic) bond motifs is 1. The molecule has 3 rings (SSSR count). The van der Waals surface area contributed by atoms with E-state index in [-0.39, 0.29) is 0 Å². The average Bonchev–Trinajstić information content (AvgIpc) is 2.90. The van der Waals surface area contributed by atoms with Gasteiger partial charge in [0.25, 0.3) is 0 Å². The Morgan fingerprint density at radius 3 is 2.68 bits per heavy atom. The smallest absolute Gasteiger partial charge is 0.338 e. The van der Waals surface area contributed by atoms with Crippen LogP contribution in [0, 0.1) is 6.92 Å². The molecule has 4 heteroatoms. The summed E-state index contributed by atoms with van der Waals surface area (Å²) in [5.74, 6) is 0.113. The summed E-state index contributed by atoms with van der Waals surface area (Å²) in [6, 6.07) is 13.6. The number of benzene rings is 2. The van der Waals surface area contributed by atoms with Gasteiger partial charge in [0, 0.05) is 11.1 Å². The first-order chi connectivity index (χ1) is 10.5. The van der Waals surface area contributed by atoms with Crippen molar-refractivity contribution in [2.45, 2.75) is 13.8 Å². The Bertz CT molecular complexity index is 847. The summed E-state index contributed by atoms with van der Waals surface area (Å²) in [4.78, 5) is 16.2. The average molecular weight is 309 g/mol. The van der Waals surface area contributed by atoms with Crippen molar-refractivity contribution in [3.8, 4) is 16.3 Å². The second-order valence-corrected chi connectivity index (χ2v) is 6.16. The van der Waals surface area contributed by atoms with E-state index in [4.69, 9.17) is 4.74 Å². The number of hydrogen-bond donors (Lipinski definition) is 0. The maximum absolute atomic E-state index is 11.6. The predicted molar refractivity (Wildman–Crippen MR) is 90.2 cm³/mol. The third kappa shape index (κ3) is 2.78. The molecule has 3 aromatic rings. The van der Waals surface area contributed by atoms with Crippen LogP contribution in [0.1, 0.15) is 12.5 Å². The fourth-order valence-electron chi connectivity index (χ4n) is 2.12. The van der Waals surface area contributed by atoms with Crippen molar-refractivity contribution in [2.24, 2.45) is 0 Å². The molecule has 1 aromatic heterocycles. The molecule has 0 N–H and O–H groups in total. The van der Waals surface area contributed by atoms with E-state index in [0.29, 0.717) is 11.3 Å². The molecule has 2 aromatic carbocycles. The minimum atomic E-state index is -0.410. The molecule has 3 nitrogen and oxygen atoms in total. The zero-order chi connectivity index (χ0) is 15.7. The van der Waals surface area contributed by atoms with E-state index >= 15 is 0 Å². The third-order valence-electron chi connectivity index (χ3n) is 3.28. The number of nitrogens with zero attached hydrogens (tertiary/aromatic N) is 1. The van der Waals surface area contributed by atoms with Gasteiger partial charge < -0.3 is 4.74 Å². The fourth-order valence-corrected chi connectivity index (χ4v) is 3.18. The summed E-state index contributed by atoms with van der Waals surface area (Å²) >= 11 is 1.66. The van der Waals surface area contributed by atoms with Gasteiger partial charge in [-0.25, -0.2) is 9.78 Å². The Morgan fingerprint density at radius 2 is 2.00 bits per heavy atom. The lowest BCUT2D eigenvalue weighted by molar-refractivity contribution is -0.130. The van der Waals surface area contributed by atoms with Crippen LogP contribution in [0.5, 0.6) is 5.75 Å². The molecule has 0 spiro atoms. The Balaban J connectivity index is 1.95. The number of rotatable bonds is 3. The highest BCUT2D eigenvalue weighted by atomic mass is 32.1. The third-order valence-corrected chi connectivity index (χ3v) is 4.35. The molecule has 0 aliphatic rings. The molecule has 0 aliphatic carbocycles. The standard InChI is InChI=1S/C18H15NO2S/c1-11(2)18(20)21-13-8-9-14(12(3)10-13)17-19-15-6-4-5-7-16(15)22-17/h4-10H,1H2,2-3H3. The number of hydrogen-bond acceptors (Lipinski definition) is 4. The van der Waals surface area contributed by atoms with Crippen LogP contribution >= 0.6 is 11.3 Å². The first kappa shape index (κ1) is 14.5. The van der Waals surface area contributed by atoms with E-state index in [0.717, 1.165) is 26.4 Å². The monoisotopic (exact) mass is 309 g/mol. The second-order valence-electron chi connectivity index (χ2n) is 5.13. The Morgan fingerprint density at radius 1 is 1.23 bits per heavy atom. The van der Waals surface area contributed by atoms with E-state index in [9.17, 15) is 4.79 Å². The molecule has 0 unspecified atom stereocenters. The summed E-state index contributed by atoms with van der Waals surface area (Å²) in [6.07, 6.45) is 0. The van der Waals surface area contributed by atoms with Crippen LogP contribution in [0.2, 0.25) is 0 Å². The molecule has 1 heterocycles. The number of para-hydroxylation sites is 1. The minimum Gasteiger partial charge on any atom is -0.423 e. The zero-order valence-corrected chi connectivity index (χ0v) is 13.2. The molecule has 110 valence electrons. The van der Waals surface area contributed by atoms with Crippen LogP contribution < -0.4 is 4.74 Å². The first-order valence-corrected chi connectivity index (χ1v) is 7.70. The molecule has 0 atom stereocenters. The molecule has 0 aliphatic heterocycles. The van der Waals surface area contributed by atoms with Gasteiger partial charge >= 0.3 is 5.97 Å². The van der Waals surface area contributed by atoms with Crippen molar-refractivity contribution >= 4 is 27.5 Å². The van der Waals surface area contributed by atoms with E-state index in [1.807, 2.05) is 37.3 Å². The summed E-state index contributed by atoms with van der Waals surface area (Å²) in [5, 5.41) is 0.969. The molecular weight excluding hydrogens is 294 g/mol. The van der Waals surface area contributed by atoms with Gasteiger partial charge in [-0.1, -0.05) is 18.7 Å². The van der Waals surface area contributed by atoms with Crippen molar-refractivity contribution in [2.75, 3.05) is 0 Å². The topological polar surface area (TPSA) is 39.2 Å². The van der Waals surface area contributed by atoms with Gasteiger partial charge in [-0.2, -0.15) is 0 Å². The molecular formula is C18H15NO2S. The van der Waals surface area contributed by atoms with Crippen LogP contribution in [-0.2, 0) is 4.79 Å². The summed E-state index contributed by atoms with van der Waals surface area (Å²) < 4.78 is 6.41. The Kier molecular flexibility index (Phi) is 3.77. The highest BCUT2D eigenvalue weighted by Gasteiger charge is 2.11. The van der Waals surface area contributed by atoms with Gasteiger partial charge in [-0.05, 0) is 49.7 Å². The molecule has 0 saturated heterocycles. The van der Waals surface area contributed by atoms with Crippen molar-refractivity contribution in [1.29, 1.82) is 0 Å². The quantitative estimate of drug-likeness (QED) is 0.398. The Hall–Kier alpha value is -2.46. The van der Waals surface area contributed by atoms with Crippen LogP contribution in [0.4, 0.5) is 0 Å². The normalized spacial score (nSPS) is 10.6. The van der Waals surface area contributed by atoms with Crippen LogP contribution in [-0.4, -0.2) is 11.0 Å². The van der Waals surface area contributed by atoms with Crippen LogP contribution in [0.25, 0.3) is 20.8 Å². The minimum absolute atomic E-state index is 0.382. The second kappa shape index (κ2) is 5.73. The number of aryl methyl sites for hydroxylation is 1. The maximum Gasteiger partial charge on any atom is 0.338 e. The number of esters is 1. The number of ether oxygens (including phenoxy) is 1. The van der Waals surface area contributed by atoms with E-state index < -0.39 is 5.97 Å². The molecule has 0 fully saturated rings. The van der Waals surface area contributed by atoms with Crippen LogP contribution in [0.15, 0.2) is 54.6 Å². The van der Waals surface area contributed by atoms with Gasteiger partial charge in [0.05, 0.1) is 10.2 Å². The Labute approximate surface area is 132 Å². The molecule has 0 radical (unpaired) electrons. The van der Waals surface area contributed by atoms with Gasteiger partial charge in [0.15, 0.2) is 0 Å². The fraction of sp³-hybridized carbons (Fsp3) is 0.111. The van der Waals surface area contributed by atoms with Gasteiger partial charge in [0.2, 0.25) is 0 Å². The van der Waals surface area contributed by atoms with Gasteiger partial charge in [-0.3, -0.25) is 0 Å². The largest absolute Gasteiger partial charge is 0.423 e. The lowest BCUT2D eigenvalue weighted by atomic mass is 10.1. The SMILES string of the molecule is C=C(C)C(=O)Oc1ccc(-c2nc3ccccc3s2)c(C)c1. The van der Waals surface area contributed by atoms with Crippen molar-refractivity contribution in [3.63, 3.8) is 0 Å². The number of aromatic nitrogens is 1. The number of thiazole rings is 1. The molecule has 0 bridgehead atoms. The van der Waals surface area contributed by atoms with E-state index in [1.165, 1.54) is 0 Å². The number of carbonyl (C=O) groups is 1.